The third-order valence-electron chi connectivity index (χ3n) is 5.44. The average Bonchev–Trinajstić information content (AvgIpc) is 3.35. The zero-order valence-corrected chi connectivity index (χ0v) is 17.1. The summed E-state index contributed by atoms with van der Waals surface area (Å²) in [5.74, 6) is -0.759. The van der Waals surface area contributed by atoms with Crippen LogP contribution in [0.25, 0.3) is 10.1 Å². The van der Waals surface area contributed by atoms with Gasteiger partial charge in [-0.15, -0.1) is 11.3 Å². The molecule has 0 aliphatic carbocycles. The van der Waals surface area contributed by atoms with Gasteiger partial charge in [0.05, 0.1) is 6.61 Å². The van der Waals surface area contributed by atoms with Gasteiger partial charge in [-0.05, 0) is 49.6 Å². The second-order valence-electron chi connectivity index (χ2n) is 7.34. The van der Waals surface area contributed by atoms with Gasteiger partial charge in [-0.3, -0.25) is 4.79 Å². The van der Waals surface area contributed by atoms with E-state index >= 15 is 0 Å². The molecule has 0 bridgehead atoms. The number of hydrogen-bond acceptors (Lipinski definition) is 4. The summed E-state index contributed by atoms with van der Waals surface area (Å²) >= 11 is 1.23. The normalized spacial score (nSPS) is 16.9. The van der Waals surface area contributed by atoms with Crippen LogP contribution < -0.4 is 0 Å². The van der Waals surface area contributed by atoms with E-state index < -0.39 is 5.97 Å². The zero-order valence-electron chi connectivity index (χ0n) is 16.3. The number of piperidine rings is 1. The van der Waals surface area contributed by atoms with Crippen molar-refractivity contribution < 1.29 is 18.7 Å². The van der Waals surface area contributed by atoms with Crippen LogP contribution >= 0.6 is 11.3 Å². The summed E-state index contributed by atoms with van der Waals surface area (Å²) in [4.78, 5) is 27.6. The number of nitrogens with zero attached hydrogens (tertiary/aromatic N) is 2. The maximum Gasteiger partial charge on any atom is 0.348 e. The van der Waals surface area contributed by atoms with Gasteiger partial charge >= 0.3 is 5.97 Å². The topological polar surface area (TPSA) is 51.5 Å². The van der Waals surface area contributed by atoms with Crippen molar-refractivity contribution in [2.75, 3.05) is 13.2 Å². The number of hydrogen-bond donors (Lipinski definition) is 0. The standard InChI is InChI=1S/C22H23FN2O3S/c1-24-11-5-8-18(24)21(26)25-12-3-2-6-15(25)10-13-28-22(27)20-14-16-17(23)7-4-9-19(16)29-20/h4-5,7-9,11,14-15H,2-3,6,10,12-13H2,1H3. The predicted molar refractivity (Wildman–Crippen MR) is 111 cm³/mol. The number of fused-ring (bicyclic) bond motifs is 1. The van der Waals surface area contributed by atoms with Crippen LogP contribution in [0.1, 0.15) is 45.8 Å². The fourth-order valence-electron chi connectivity index (χ4n) is 3.88. The minimum Gasteiger partial charge on any atom is -0.461 e. The summed E-state index contributed by atoms with van der Waals surface area (Å²) in [6.45, 7) is 0.954. The van der Waals surface area contributed by atoms with E-state index in [1.54, 1.807) is 18.2 Å². The van der Waals surface area contributed by atoms with Gasteiger partial charge in [0.15, 0.2) is 0 Å². The van der Waals surface area contributed by atoms with E-state index in [-0.39, 0.29) is 24.4 Å². The lowest BCUT2D eigenvalue weighted by atomic mass is 9.99. The number of ether oxygens (including phenoxy) is 1. The molecule has 7 heteroatoms. The van der Waals surface area contributed by atoms with E-state index in [1.807, 2.05) is 34.8 Å². The minimum absolute atomic E-state index is 0.0218. The first-order chi connectivity index (χ1) is 14.0. The molecule has 1 saturated heterocycles. The summed E-state index contributed by atoms with van der Waals surface area (Å²) < 4.78 is 21.8. The molecule has 0 N–H and O–H groups in total. The van der Waals surface area contributed by atoms with Crippen LogP contribution in [0, 0.1) is 5.82 Å². The van der Waals surface area contributed by atoms with Gasteiger partial charge in [0.1, 0.15) is 16.4 Å². The van der Waals surface area contributed by atoms with Crippen LogP contribution in [-0.4, -0.2) is 40.5 Å². The second kappa shape index (κ2) is 8.37. The molecule has 0 spiro atoms. The summed E-state index contributed by atoms with van der Waals surface area (Å²) in [5, 5.41) is 0.441. The van der Waals surface area contributed by atoms with E-state index in [0.717, 1.165) is 30.5 Å². The SMILES string of the molecule is Cn1cccc1C(=O)N1CCCCC1CCOC(=O)c1cc2c(F)cccc2s1. The van der Waals surface area contributed by atoms with Crippen LogP contribution in [0.15, 0.2) is 42.6 Å². The fraction of sp³-hybridized carbons (Fsp3) is 0.364. The molecule has 0 saturated carbocycles. The fourth-order valence-corrected chi connectivity index (χ4v) is 4.85. The van der Waals surface area contributed by atoms with Gasteiger partial charge in [-0.1, -0.05) is 6.07 Å². The summed E-state index contributed by atoms with van der Waals surface area (Å²) in [6.07, 6.45) is 5.41. The molecule has 3 heterocycles. The van der Waals surface area contributed by atoms with Gasteiger partial charge in [0.2, 0.25) is 0 Å². The Hall–Kier alpha value is -2.67. The number of likely N-dealkylation sites (tertiary alicyclic amines) is 1. The van der Waals surface area contributed by atoms with Crippen molar-refractivity contribution >= 4 is 33.3 Å². The number of benzene rings is 1. The van der Waals surface area contributed by atoms with E-state index in [0.29, 0.717) is 22.4 Å². The Labute approximate surface area is 172 Å². The predicted octanol–water partition coefficient (Wildman–Crippen LogP) is 4.62. The van der Waals surface area contributed by atoms with Gasteiger partial charge in [0.25, 0.3) is 5.91 Å². The maximum absolute atomic E-state index is 13.8. The molecule has 1 aliphatic heterocycles. The number of carbonyl (C=O) groups excluding carboxylic acids is 2. The molecule has 2 aromatic heterocycles. The first kappa shape index (κ1) is 19.6. The van der Waals surface area contributed by atoms with Crippen molar-refractivity contribution in [1.29, 1.82) is 0 Å². The third-order valence-corrected chi connectivity index (χ3v) is 6.52. The van der Waals surface area contributed by atoms with Crippen LogP contribution in [-0.2, 0) is 11.8 Å². The summed E-state index contributed by atoms with van der Waals surface area (Å²) in [6, 6.07) is 10.1. The number of thiophene rings is 1. The Morgan fingerprint density at radius 1 is 1.24 bits per heavy atom. The highest BCUT2D eigenvalue weighted by molar-refractivity contribution is 7.20. The van der Waals surface area contributed by atoms with Crippen molar-refractivity contribution in [1.82, 2.24) is 9.47 Å². The molecule has 1 unspecified atom stereocenters. The molecular formula is C22H23FN2O3S. The molecule has 1 aliphatic rings. The molecule has 29 heavy (non-hydrogen) atoms. The number of esters is 1. The lowest BCUT2D eigenvalue weighted by Crippen LogP contribution is -2.44. The highest BCUT2D eigenvalue weighted by Crippen LogP contribution is 2.28. The van der Waals surface area contributed by atoms with Crippen molar-refractivity contribution in [3.8, 4) is 0 Å². The van der Waals surface area contributed by atoms with E-state index in [1.165, 1.54) is 17.4 Å². The highest BCUT2D eigenvalue weighted by Gasteiger charge is 2.28. The molecule has 4 rings (SSSR count). The Kier molecular flexibility index (Phi) is 5.67. The number of halogens is 1. The molecule has 3 aromatic rings. The van der Waals surface area contributed by atoms with Crippen LogP contribution in [0.2, 0.25) is 0 Å². The van der Waals surface area contributed by atoms with Crippen molar-refractivity contribution in [3.05, 3.63) is 59.0 Å². The zero-order chi connectivity index (χ0) is 20.4. The molecule has 152 valence electrons. The van der Waals surface area contributed by atoms with Crippen molar-refractivity contribution in [2.24, 2.45) is 7.05 Å². The summed E-state index contributed by atoms with van der Waals surface area (Å²) in [7, 11) is 1.86. The van der Waals surface area contributed by atoms with Crippen molar-refractivity contribution in [3.63, 3.8) is 0 Å². The number of amides is 1. The monoisotopic (exact) mass is 414 g/mol. The molecule has 1 amide bonds. The Balaban J connectivity index is 1.38. The Morgan fingerprint density at radius 3 is 2.86 bits per heavy atom. The van der Waals surface area contributed by atoms with E-state index in [9.17, 15) is 14.0 Å². The molecule has 5 nitrogen and oxygen atoms in total. The third kappa shape index (κ3) is 4.05. The van der Waals surface area contributed by atoms with Crippen LogP contribution in [0.3, 0.4) is 0 Å². The van der Waals surface area contributed by atoms with Crippen molar-refractivity contribution in [2.45, 2.75) is 31.7 Å². The van der Waals surface area contributed by atoms with Gasteiger partial charge in [-0.25, -0.2) is 9.18 Å². The number of aryl methyl sites for hydroxylation is 1. The summed E-state index contributed by atoms with van der Waals surface area (Å²) in [5.41, 5.74) is 0.668. The van der Waals surface area contributed by atoms with Gasteiger partial charge in [0, 0.05) is 42.3 Å². The lowest BCUT2D eigenvalue weighted by Gasteiger charge is -2.35. The van der Waals surface area contributed by atoms with Gasteiger partial charge < -0.3 is 14.2 Å². The first-order valence-electron chi connectivity index (χ1n) is 9.82. The largest absolute Gasteiger partial charge is 0.461 e. The number of rotatable bonds is 5. The number of aromatic nitrogens is 1. The van der Waals surface area contributed by atoms with Crippen LogP contribution in [0.4, 0.5) is 4.39 Å². The highest BCUT2D eigenvalue weighted by atomic mass is 32.1. The Morgan fingerprint density at radius 2 is 2.10 bits per heavy atom. The minimum atomic E-state index is -0.443. The van der Waals surface area contributed by atoms with E-state index in [2.05, 4.69) is 0 Å². The molecule has 1 atom stereocenters. The van der Waals surface area contributed by atoms with E-state index in [4.69, 9.17) is 4.74 Å². The van der Waals surface area contributed by atoms with Gasteiger partial charge in [-0.2, -0.15) is 0 Å². The Bertz CT molecular complexity index is 1040. The molecule has 1 fully saturated rings. The lowest BCUT2D eigenvalue weighted by molar-refractivity contribution is 0.0410. The quantitative estimate of drug-likeness (QED) is 0.573. The second-order valence-corrected chi connectivity index (χ2v) is 8.42. The average molecular weight is 415 g/mol. The molecular weight excluding hydrogens is 391 g/mol. The van der Waals surface area contributed by atoms with Crippen LogP contribution in [0.5, 0.6) is 0 Å². The maximum atomic E-state index is 13.8. The molecule has 0 radical (unpaired) electrons. The number of carbonyl (C=O) groups is 2. The first-order valence-corrected chi connectivity index (χ1v) is 10.6. The smallest absolute Gasteiger partial charge is 0.348 e. The molecule has 1 aromatic carbocycles.